The molecule has 0 spiro atoms. The summed E-state index contributed by atoms with van der Waals surface area (Å²) in [5, 5.41) is 0. The average molecular weight is 776 g/mol. The summed E-state index contributed by atoms with van der Waals surface area (Å²) >= 11 is 3.46. The molecule has 1 fully saturated rings. The van der Waals surface area contributed by atoms with Gasteiger partial charge < -0.3 is 28.6 Å². The highest BCUT2D eigenvalue weighted by molar-refractivity contribution is 9.10. The number of nitrogens with zero attached hydrogens (tertiary/aromatic N) is 4. The van der Waals surface area contributed by atoms with Gasteiger partial charge >= 0.3 is 19.3 Å². The van der Waals surface area contributed by atoms with E-state index in [1.807, 2.05) is 99.9 Å². The van der Waals surface area contributed by atoms with E-state index in [2.05, 4.69) is 56.3 Å². The van der Waals surface area contributed by atoms with Crippen molar-refractivity contribution in [2.75, 3.05) is 26.2 Å². The number of ether oxygens (including phenoxy) is 2. The van der Waals surface area contributed by atoms with Gasteiger partial charge in [0.2, 0.25) is 0 Å². The lowest BCUT2D eigenvalue weighted by Gasteiger charge is -2.32. The summed E-state index contributed by atoms with van der Waals surface area (Å²) in [5.74, 6) is 0. The minimum Gasteiger partial charge on any atom is -0.444 e. The summed E-state index contributed by atoms with van der Waals surface area (Å²) in [6, 6.07) is 12.4. The molecule has 278 valence electrons. The molecular formula is C40H52BBrN4O6. The number of benzene rings is 2. The van der Waals surface area contributed by atoms with Gasteiger partial charge in [0.15, 0.2) is 0 Å². The van der Waals surface area contributed by atoms with Gasteiger partial charge in [0.1, 0.15) is 11.2 Å². The molecule has 0 unspecified atom stereocenters. The molecule has 7 rings (SSSR count). The van der Waals surface area contributed by atoms with Gasteiger partial charge in [-0.3, -0.25) is 9.98 Å². The van der Waals surface area contributed by atoms with E-state index >= 15 is 0 Å². The van der Waals surface area contributed by atoms with E-state index in [9.17, 15) is 9.59 Å². The van der Waals surface area contributed by atoms with Crippen molar-refractivity contribution < 1.29 is 28.4 Å². The zero-order valence-electron chi connectivity index (χ0n) is 32.2. The third-order valence-corrected chi connectivity index (χ3v) is 10.1. The topological polar surface area (TPSA) is 102 Å². The predicted octanol–water partition coefficient (Wildman–Crippen LogP) is 8.43. The van der Waals surface area contributed by atoms with Gasteiger partial charge in [-0.1, -0.05) is 58.4 Å². The highest BCUT2D eigenvalue weighted by Crippen LogP contribution is 2.39. The minimum atomic E-state index is -0.482. The largest absolute Gasteiger partial charge is 0.492 e. The lowest BCUT2D eigenvalue weighted by Crippen LogP contribution is -2.41. The van der Waals surface area contributed by atoms with Crippen LogP contribution in [0.4, 0.5) is 9.59 Å². The van der Waals surface area contributed by atoms with Gasteiger partial charge in [0.05, 0.1) is 24.3 Å². The molecule has 0 saturated carbocycles. The SMILES string of the molecule is Brc1cccc2c1C=NC2.CC(C)(C)OC(=O)N1CC=C(B2OC(C)(C)C(C)(C)O2)C1.CC(C)(C)OC(=O)N1CC=C(c2cccc3c2C=NC3)C1. The summed E-state index contributed by atoms with van der Waals surface area (Å²) in [5.41, 5.74) is 6.67. The standard InChI is InChI=1S/C17H20N2O2.C15H26BNO4.C8H6BrN/c1-17(2,3)21-16(20)19-8-7-13(11-19)14-6-4-5-12-9-18-10-15(12)14;1-13(2,3)19-12(18)17-9-8-11(10-17)16-20-14(4,5)15(6,7)21-16;9-8-3-1-2-6-4-10-5-7(6)8/h4-7,10H,8-9,11H2,1-3H3;8H,9-10H2,1-7H3;1-3,5H,4H2. The molecule has 5 heterocycles. The Labute approximate surface area is 317 Å². The van der Waals surface area contributed by atoms with Crippen LogP contribution in [0.2, 0.25) is 0 Å². The number of carbonyl (C=O) groups excluding carboxylic acids is 2. The van der Waals surface area contributed by atoms with Crippen LogP contribution >= 0.6 is 15.9 Å². The van der Waals surface area contributed by atoms with Crippen molar-refractivity contribution in [3.8, 4) is 0 Å². The molecule has 2 aromatic carbocycles. The fraction of sp³-hybridized carbons (Fsp3) is 0.500. The molecule has 12 heteroatoms. The molecule has 10 nitrogen and oxygen atoms in total. The molecule has 1 saturated heterocycles. The van der Waals surface area contributed by atoms with Crippen LogP contribution in [0.15, 0.2) is 68.5 Å². The molecule has 52 heavy (non-hydrogen) atoms. The average Bonchev–Trinajstić information content (AvgIpc) is 3.87. The first-order valence-electron chi connectivity index (χ1n) is 17.8. The van der Waals surface area contributed by atoms with Crippen LogP contribution in [0, 0.1) is 0 Å². The Kier molecular flexibility index (Phi) is 11.6. The maximum Gasteiger partial charge on any atom is 0.492 e. The summed E-state index contributed by atoms with van der Waals surface area (Å²) < 4.78 is 24.0. The molecule has 0 radical (unpaired) electrons. The Morgan fingerprint density at radius 1 is 0.750 bits per heavy atom. The van der Waals surface area contributed by atoms with Gasteiger partial charge in [-0.05, 0) is 103 Å². The van der Waals surface area contributed by atoms with Crippen molar-refractivity contribution in [1.29, 1.82) is 0 Å². The number of aliphatic imine (C=N–C) groups is 2. The van der Waals surface area contributed by atoms with Gasteiger partial charge in [0, 0.05) is 54.2 Å². The lowest BCUT2D eigenvalue weighted by atomic mass is 9.79. The van der Waals surface area contributed by atoms with Crippen LogP contribution in [0.25, 0.3) is 5.57 Å². The van der Waals surface area contributed by atoms with E-state index in [-0.39, 0.29) is 30.5 Å². The molecule has 5 aliphatic heterocycles. The number of hydrogen-bond acceptors (Lipinski definition) is 8. The number of carbonyl (C=O) groups is 2. The van der Waals surface area contributed by atoms with Crippen molar-refractivity contribution in [1.82, 2.24) is 9.80 Å². The third kappa shape index (κ3) is 9.62. The van der Waals surface area contributed by atoms with E-state index in [1.54, 1.807) is 9.80 Å². The van der Waals surface area contributed by atoms with Crippen LogP contribution in [-0.4, -0.2) is 90.1 Å². The van der Waals surface area contributed by atoms with E-state index in [0.29, 0.717) is 26.2 Å². The van der Waals surface area contributed by atoms with E-state index in [1.165, 1.54) is 33.4 Å². The highest BCUT2D eigenvalue weighted by atomic mass is 79.9. The van der Waals surface area contributed by atoms with Gasteiger partial charge in [-0.25, -0.2) is 9.59 Å². The zero-order chi connectivity index (χ0) is 38.1. The number of halogens is 1. The fourth-order valence-electron chi connectivity index (χ4n) is 5.94. The maximum absolute atomic E-state index is 12.1. The van der Waals surface area contributed by atoms with Crippen molar-refractivity contribution in [2.45, 2.75) is 105 Å². The van der Waals surface area contributed by atoms with Crippen molar-refractivity contribution in [2.24, 2.45) is 9.98 Å². The monoisotopic (exact) mass is 774 g/mol. The zero-order valence-corrected chi connectivity index (χ0v) is 33.8. The van der Waals surface area contributed by atoms with Crippen LogP contribution in [0.5, 0.6) is 0 Å². The molecule has 0 aliphatic carbocycles. The van der Waals surface area contributed by atoms with Gasteiger partial charge in [-0.15, -0.1) is 0 Å². The molecule has 0 bridgehead atoms. The first-order chi connectivity index (χ1) is 24.2. The number of rotatable bonds is 2. The smallest absolute Gasteiger partial charge is 0.444 e. The van der Waals surface area contributed by atoms with E-state index in [0.717, 1.165) is 23.0 Å². The Morgan fingerprint density at radius 2 is 1.25 bits per heavy atom. The molecule has 0 N–H and O–H groups in total. The summed E-state index contributed by atoms with van der Waals surface area (Å²) in [6.07, 6.45) is 7.39. The molecular weight excluding hydrogens is 723 g/mol. The first kappa shape index (κ1) is 39.5. The highest BCUT2D eigenvalue weighted by Gasteiger charge is 2.53. The first-order valence-corrected chi connectivity index (χ1v) is 18.6. The van der Waals surface area contributed by atoms with Crippen molar-refractivity contribution in [3.05, 3.63) is 86.3 Å². The molecule has 0 aromatic heterocycles. The summed E-state index contributed by atoms with van der Waals surface area (Å²) in [7, 11) is -0.387. The normalized spacial score (nSPS) is 19.2. The van der Waals surface area contributed by atoms with E-state index in [4.69, 9.17) is 18.8 Å². The van der Waals surface area contributed by atoms with Gasteiger partial charge in [-0.2, -0.15) is 0 Å². The minimum absolute atomic E-state index is 0.255. The molecule has 5 aliphatic rings. The number of hydrogen-bond donors (Lipinski definition) is 0. The number of fused-ring (bicyclic) bond motifs is 2. The molecule has 2 amide bonds. The summed E-state index contributed by atoms with van der Waals surface area (Å²) in [6.45, 7) is 23.2. The Morgan fingerprint density at radius 3 is 1.81 bits per heavy atom. The van der Waals surface area contributed by atoms with Crippen molar-refractivity contribution in [3.63, 3.8) is 0 Å². The Balaban J connectivity index is 0.000000160. The van der Waals surface area contributed by atoms with E-state index < -0.39 is 11.2 Å². The quantitative estimate of drug-likeness (QED) is 0.284. The second kappa shape index (κ2) is 15.3. The number of amides is 2. The van der Waals surface area contributed by atoms with Crippen LogP contribution in [0.1, 0.15) is 97.1 Å². The Hall–Kier alpha value is -3.74. The van der Waals surface area contributed by atoms with Crippen molar-refractivity contribution >= 4 is 53.2 Å². The fourth-order valence-corrected chi connectivity index (χ4v) is 6.45. The van der Waals surface area contributed by atoms with Crippen LogP contribution < -0.4 is 0 Å². The molecule has 2 aromatic rings. The maximum atomic E-state index is 12.1. The second-order valence-electron chi connectivity index (χ2n) is 16.4. The third-order valence-electron chi connectivity index (χ3n) is 9.38. The van der Waals surface area contributed by atoms with Crippen LogP contribution in [0.3, 0.4) is 0 Å². The summed E-state index contributed by atoms with van der Waals surface area (Å²) in [4.78, 5) is 36.1. The van der Waals surface area contributed by atoms with Crippen LogP contribution in [-0.2, 0) is 31.9 Å². The molecule has 0 atom stereocenters. The lowest BCUT2D eigenvalue weighted by molar-refractivity contribution is 0.00578. The van der Waals surface area contributed by atoms with Gasteiger partial charge in [0.25, 0.3) is 0 Å². The predicted molar refractivity (Wildman–Crippen MR) is 211 cm³/mol. The Bertz CT molecular complexity index is 1790. The second-order valence-corrected chi connectivity index (χ2v) is 17.3.